The predicted octanol–water partition coefficient (Wildman–Crippen LogP) is 2.35. The van der Waals surface area contributed by atoms with Crippen LogP contribution >= 0.6 is 0 Å². The van der Waals surface area contributed by atoms with Crippen LogP contribution in [0.2, 0.25) is 0 Å². The average molecular weight is 284 g/mol. The second-order valence-electron chi connectivity index (χ2n) is 5.89. The van der Waals surface area contributed by atoms with Crippen molar-refractivity contribution in [2.75, 3.05) is 13.1 Å². The predicted molar refractivity (Wildman–Crippen MR) is 84.9 cm³/mol. The summed E-state index contributed by atoms with van der Waals surface area (Å²) in [6, 6.07) is 11.8. The summed E-state index contributed by atoms with van der Waals surface area (Å²) in [7, 11) is 1.98. The van der Waals surface area contributed by atoms with Gasteiger partial charge in [-0.1, -0.05) is 37.3 Å². The number of piperazine rings is 1. The van der Waals surface area contributed by atoms with Gasteiger partial charge in [-0.15, -0.1) is 0 Å². The van der Waals surface area contributed by atoms with Gasteiger partial charge in [-0.05, 0) is 12.0 Å². The van der Waals surface area contributed by atoms with Gasteiger partial charge in [-0.2, -0.15) is 5.10 Å². The van der Waals surface area contributed by atoms with E-state index in [9.17, 15) is 0 Å². The van der Waals surface area contributed by atoms with Crippen LogP contribution in [0.25, 0.3) is 0 Å². The van der Waals surface area contributed by atoms with Crippen LogP contribution in [-0.2, 0) is 13.6 Å². The van der Waals surface area contributed by atoms with Crippen molar-refractivity contribution in [1.82, 2.24) is 20.0 Å². The Morgan fingerprint density at radius 2 is 2.10 bits per heavy atom. The highest BCUT2D eigenvalue weighted by molar-refractivity contribution is 5.20. The molecule has 1 aliphatic heterocycles. The van der Waals surface area contributed by atoms with Gasteiger partial charge < -0.3 is 5.32 Å². The molecule has 0 aliphatic carbocycles. The Morgan fingerprint density at radius 1 is 1.29 bits per heavy atom. The maximum absolute atomic E-state index is 4.28. The first-order valence-electron chi connectivity index (χ1n) is 7.76. The molecule has 0 radical (unpaired) electrons. The molecule has 1 aliphatic rings. The molecule has 0 bridgehead atoms. The first-order valence-corrected chi connectivity index (χ1v) is 7.76. The Labute approximate surface area is 126 Å². The number of rotatable bonds is 4. The molecule has 3 rings (SSSR count). The molecule has 112 valence electrons. The van der Waals surface area contributed by atoms with E-state index in [-0.39, 0.29) is 0 Å². The number of hydrogen-bond donors (Lipinski definition) is 1. The van der Waals surface area contributed by atoms with Crippen LogP contribution in [0.1, 0.15) is 30.5 Å². The molecule has 0 amide bonds. The Bertz CT molecular complexity index is 563. The Balaban J connectivity index is 1.72. The highest BCUT2D eigenvalue weighted by Crippen LogP contribution is 2.22. The number of nitrogens with one attached hydrogen (secondary N) is 1. The molecule has 1 N–H and O–H groups in total. The minimum absolute atomic E-state index is 0.422. The molecule has 1 fully saturated rings. The minimum atomic E-state index is 0.422. The van der Waals surface area contributed by atoms with E-state index in [4.69, 9.17) is 0 Å². The first kappa shape index (κ1) is 14.3. The van der Waals surface area contributed by atoms with E-state index in [1.165, 1.54) is 17.5 Å². The quantitative estimate of drug-likeness (QED) is 0.935. The van der Waals surface area contributed by atoms with Crippen molar-refractivity contribution < 1.29 is 0 Å². The smallest absolute Gasteiger partial charge is 0.0534 e. The Kier molecular flexibility index (Phi) is 4.36. The number of aryl methyl sites for hydroxylation is 1. The Morgan fingerprint density at radius 3 is 2.76 bits per heavy atom. The van der Waals surface area contributed by atoms with Crippen molar-refractivity contribution in [3.63, 3.8) is 0 Å². The third-order valence-corrected chi connectivity index (χ3v) is 4.35. The molecule has 21 heavy (non-hydrogen) atoms. The van der Waals surface area contributed by atoms with E-state index in [0.717, 1.165) is 19.6 Å². The summed E-state index contributed by atoms with van der Waals surface area (Å²) in [5.41, 5.74) is 2.67. The lowest BCUT2D eigenvalue weighted by Crippen LogP contribution is -2.51. The molecule has 2 atom stereocenters. The molecule has 2 heterocycles. The number of benzene rings is 1. The third kappa shape index (κ3) is 3.34. The van der Waals surface area contributed by atoms with Gasteiger partial charge in [0.05, 0.1) is 6.20 Å². The van der Waals surface area contributed by atoms with Crippen LogP contribution < -0.4 is 5.32 Å². The zero-order chi connectivity index (χ0) is 14.7. The van der Waals surface area contributed by atoms with Gasteiger partial charge in [0, 0.05) is 50.5 Å². The monoisotopic (exact) mass is 284 g/mol. The maximum atomic E-state index is 4.28. The van der Waals surface area contributed by atoms with E-state index in [2.05, 4.69) is 58.8 Å². The second kappa shape index (κ2) is 6.41. The zero-order valence-electron chi connectivity index (χ0n) is 12.9. The summed E-state index contributed by atoms with van der Waals surface area (Å²) in [6.07, 6.45) is 5.27. The summed E-state index contributed by atoms with van der Waals surface area (Å²) >= 11 is 0. The fraction of sp³-hybridized carbons (Fsp3) is 0.471. The van der Waals surface area contributed by atoms with E-state index < -0.39 is 0 Å². The van der Waals surface area contributed by atoms with Gasteiger partial charge in [0.25, 0.3) is 0 Å². The van der Waals surface area contributed by atoms with E-state index >= 15 is 0 Å². The van der Waals surface area contributed by atoms with Gasteiger partial charge in [-0.25, -0.2) is 0 Å². The molecule has 1 saturated heterocycles. The topological polar surface area (TPSA) is 33.1 Å². The summed E-state index contributed by atoms with van der Waals surface area (Å²) in [5.74, 6) is 0. The summed E-state index contributed by atoms with van der Waals surface area (Å²) in [5, 5.41) is 7.98. The zero-order valence-corrected chi connectivity index (χ0v) is 12.9. The van der Waals surface area contributed by atoms with Crippen LogP contribution in [-0.4, -0.2) is 33.8 Å². The van der Waals surface area contributed by atoms with Gasteiger partial charge in [-0.3, -0.25) is 9.58 Å². The van der Waals surface area contributed by atoms with Crippen LogP contribution in [0.4, 0.5) is 0 Å². The summed E-state index contributed by atoms with van der Waals surface area (Å²) < 4.78 is 1.88. The summed E-state index contributed by atoms with van der Waals surface area (Å²) in [6.45, 7) is 5.36. The lowest BCUT2D eigenvalue weighted by molar-refractivity contribution is 0.119. The average Bonchev–Trinajstić information content (AvgIpc) is 2.93. The van der Waals surface area contributed by atoms with Gasteiger partial charge in [0.15, 0.2) is 0 Å². The molecule has 4 nitrogen and oxygen atoms in total. The molecular weight excluding hydrogens is 260 g/mol. The van der Waals surface area contributed by atoms with Crippen molar-refractivity contribution in [2.24, 2.45) is 7.05 Å². The van der Waals surface area contributed by atoms with Crippen molar-refractivity contribution >= 4 is 0 Å². The van der Waals surface area contributed by atoms with Crippen molar-refractivity contribution in [3.8, 4) is 0 Å². The molecule has 1 aromatic carbocycles. The number of nitrogens with zero attached hydrogens (tertiary/aromatic N) is 3. The van der Waals surface area contributed by atoms with Crippen LogP contribution in [0.3, 0.4) is 0 Å². The second-order valence-corrected chi connectivity index (χ2v) is 5.89. The van der Waals surface area contributed by atoms with Gasteiger partial charge in [0.2, 0.25) is 0 Å². The molecule has 0 saturated carbocycles. The fourth-order valence-corrected chi connectivity index (χ4v) is 3.15. The number of hydrogen-bond acceptors (Lipinski definition) is 3. The van der Waals surface area contributed by atoms with Crippen LogP contribution in [0, 0.1) is 0 Å². The molecule has 2 aromatic rings. The molecular formula is C17H24N4. The first-order chi connectivity index (χ1) is 10.3. The molecule has 1 aromatic heterocycles. The Hall–Kier alpha value is -1.65. The normalized spacial score (nSPS) is 23.3. The van der Waals surface area contributed by atoms with E-state index in [1.54, 1.807) is 0 Å². The highest BCUT2D eigenvalue weighted by Gasteiger charge is 2.27. The van der Waals surface area contributed by atoms with Crippen molar-refractivity contribution in [1.29, 1.82) is 0 Å². The van der Waals surface area contributed by atoms with Crippen molar-refractivity contribution in [2.45, 2.75) is 32.0 Å². The van der Waals surface area contributed by atoms with Crippen LogP contribution in [0.5, 0.6) is 0 Å². The summed E-state index contributed by atoms with van der Waals surface area (Å²) in [4.78, 5) is 2.59. The largest absolute Gasteiger partial charge is 0.307 e. The SMILES string of the molecule is CCC1CNC(c2ccccc2)CN1Cc1cnn(C)c1. The molecule has 2 unspecified atom stereocenters. The standard InChI is InChI=1S/C17H24N4/c1-3-16-10-18-17(15-7-5-4-6-8-15)13-21(16)12-14-9-19-20(2)11-14/h4-9,11,16-18H,3,10,12-13H2,1-2H3. The highest BCUT2D eigenvalue weighted by atomic mass is 15.3. The van der Waals surface area contributed by atoms with Gasteiger partial charge >= 0.3 is 0 Å². The number of aromatic nitrogens is 2. The fourth-order valence-electron chi connectivity index (χ4n) is 3.15. The molecule has 0 spiro atoms. The van der Waals surface area contributed by atoms with Crippen LogP contribution in [0.15, 0.2) is 42.7 Å². The van der Waals surface area contributed by atoms with E-state index in [1.807, 2.05) is 17.9 Å². The van der Waals surface area contributed by atoms with Crippen molar-refractivity contribution in [3.05, 3.63) is 53.9 Å². The van der Waals surface area contributed by atoms with E-state index in [0.29, 0.717) is 12.1 Å². The third-order valence-electron chi connectivity index (χ3n) is 4.35. The lowest BCUT2D eigenvalue weighted by Gasteiger charge is -2.40. The molecule has 4 heteroatoms. The minimum Gasteiger partial charge on any atom is -0.307 e. The van der Waals surface area contributed by atoms with Gasteiger partial charge in [0.1, 0.15) is 0 Å². The maximum Gasteiger partial charge on any atom is 0.0534 e. The lowest BCUT2D eigenvalue weighted by atomic mass is 10.0.